The molecule has 0 fully saturated rings. The lowest BCUT2D eigenvalue weighted by Gasteiger charge is -2.20. The number of halogens is 4. The number of hydrogen-bond acceptors (Lipinski definition) is 4. The summed E-state index contributed by atoms with van der Waals surface area (Å²) in [6.45, 7) is 3.82. The fourth-order valence-electron chi connectivity index (χ4n) is 4.73. The average molecular weight is 599 g/mol. The monoisotopic (exact) mass is 598 g/mol. The second-order valence-corrected chi connectivity index (χ2v) is 10.1. The van der Waals surface area contributed by atoms with Gasteiger partial charge in [0.15, 0.2) is 5.78 Å². The maximum absolute atomic E-state index is 14.2. The van der Waals surface area contributed by atoms with E-state index in [1.54, 1.807) is 23.0 Å². The maximum Gasteiger partial charge on any atom is 0.251 e. The molecule has 0 aliphatic heterocycles. The molecule has 4 aromatic rings. The molecule has 0 bridgehead atoms. The highest BCUT2D eigenvalue weighted by Gasteiger charge is 2.24. The van der Waals surface area contributed by atoms with Gasteiger partial charge in [-0.25, -0.2) is 13.2 Å². The topological polar surface area (TPSA) is 90.9 Å². The van der Waals surface area contributed by atoms with Crippen LogP contribution in [0.3, 0.4) is 0 Å². The quantitative estimate of drug-likeness (QED) is 0.239. The van der Waals surface area contributed by atoms with Gasteiger partial charge in [-0.15, -0.1) is 0 Å². The van der Waals surface area contributed by atoms with E-state index in [1.807, 2.05) is 13.8 Å². The third-order valence-electron chi connectivity index (χ3n) is 6.46. The Balaban J connectivity index is 1.75. The first-order valence-corrected chi connectivity index (χ1v) is 13.1. The van der Waals surface area contributed by atoms with Gasteiger partial charge in [-0.2, -0.15) is 5.10 Å². The molecule has 39 heavy (non-hydrogen) atoms. The van der Waals surface area contributed by atoms with Crippen molar-refractivity contribution < 1.29 is 22.8 Å². The van der Waals surface area contributed by atoms with Gasteiger partial charge in [0.05, 0.1) is 33.7 Å². The van der Waals surface area contributed by atoms with E-state index in [-0.39, 0.29) is 30.7 Å². The molecule has 0 aliphatic carbocycles. The summed E-state index contributed by atoms with van der Waals surface area (Å²) in [5.74, 6) is -3.90. The van der Waals surface area contributed by atoms with Crippen LogP contribution in [0.15, 0.2) is 59.2 Å². The molecule has 0 saturated heterocycles. The van der Waals surface area contributed by atoms with Crippen molar-refractivity contribution in [2.75, 3.05) is 0 Å². The largest absolute Gasteiger partial charge is 0.366 e. The molecule has 1 amide bonds. The minimum atomic E-state index is -0.922. The van der Waals surface area contributed by atoms with Crippen LogP contribution in [-0.4, -0.2) is 26.5 Å². The van der Waals surface area contributed by atoms with Crippen molar-refractivity contribution in [1.29, 1.82) is 0 Å². The zero-order chi connectivity index (χ0) is 28.3. The lowest BCUT2D eigenvalue weighted by atomic mass is 9.86. The third kappa shape index (κ3) is 6.44. The SMILES string of the molecule is CCc1c(Br)c(C)nn1CC(=O)C[C@@H](Cc1cc(F)cc(F)c1)c1ncccc1-c1ccc(F)c(C(N)=O)c1. The molecule has 10 heteroatoms. The molecular weight excluding hydrogens is 573 g/mol. The van der Waals surface area contributed by atoms with Gasteiger partial charge in [0, 0.05) is 30.2 Å². The van der Waals surface area contributed by atoms with E-state index < -0.39 is 29.3 Å². The van der Waals surface area contributed by atoms with Crippen LogP contribution < -0.4 is 5.73 Å². The van der Waals surface area contributed by atoms with Crippen LogP contribution in [-0.2, 0) is 24.2 Å². The van der Waals surface area contributed by atoms with Crippen molar-refractivity contribution >= 4 is 27.6 Å². The van der Waals surface area contributed by atoms with Gasteiger partial charge in [-0.1, -0.05) is 19.1 Å². The molecule has 2 aromatic carbocycles. The Hall–Kier alpha value is -3.79. The summed E-state index contributed by atoms with van der Waals surface area (Å²) in [5, 5.41) is 4.46. The van der Waals surface area contributed by atoms with Crippen LogP contribution in [0.5, 0.6) is 0 Å². The van der Waals surface area contributed by atoms with Gasteiger partial charge < -0.3 is 5.73 Å². The lowest BCUT2D eigenvalue weighted by Crippen LogP contribution is -2.19. The molecule has 2 N–H and O–H groups in total. The fourth-order valence-corrected chi connectivity index (χ4v) is 5.29. The number of ketones is 1. The molecule has 0 spiro atoms. The molecule has 0 saturated carbocycles. The Morgan fingerprint density at radius 1 is 1.08 bits per heavy atom. The molecule has 0 unspecified atom stereocenters. The molecule has 6 nitrogen and oxygen atoms in total. The van der Waals surface area contributed by atoms with Crippen molar-refractivity contribution in [3.63, 3.8) is 0 Å². The predicted octanol–water partition coefficient (Wildman–Crippen LogP) is 6.08. The number of Topliss-reactive ketones (excluding diaryl/α,β-unsaturated/α-hetero) is 1. The molecule has 2 aromatic heterocycles. The molecule has 4 rings (SSSR count). The second-order valence-electron chi connectivity index (χ2n) is 9.27. The summed E-state index contributed by atoms with van der Waals surface area (Å²) in [6, 6.07) is 10.6. The van der Waals surface area contributed by atoms with E-state index in [0.717, 1.165) is 28.0 Å². The van der Waals surface area contributed by atoms with Crippen molar-refractivity contribution in [3.05, 3.63) is 105 Å². The van der Waals surface area contributed by atoms with Crippen LogP contribution in [0.2, 0.25) is 0 Å². The van der Waals surface area contributed by atoms with Gasteiger partial charge in [-0.3, -0.25) is 19.3 Å². The second kappa shape index (κ2) is 11.9. The first-order chi connectivity index (χ1) is 18.6. The Bertz CT molecular complexity index is 1530. The molecule has 0 aliphatic rings. The van der Waals surface area contributed by atoms with Crippen LogP contribution >= 0.6 is 15.9 Å². The van der Waals surface area contributed by atoms with Crippen molar-refractivity contribution in [2.24, 2.45) is 5.73 Å². The first kappa shape index (κ1) is 28.2. The number of carbonyl (C=O) groups is 2. The standard InChI is InChI=1S/C29H26BrF3N4O2/c1-3-26-27(30)16(2)36-37(26)15-22(38)12-19(9-17-10-20(31)14-21(32)11-17)28-23(5-4-8-35-28)18-6-7-25(33)24(13-18)29(34)39/h4-8,10-11,13-14,19H,3,9,12,15H2,1-2H3,(H2,34,39)/t19-/m1/s1. The fraction of sp³-hybridized carbons (Fsp3) is 0.241. The van der Waals surface area contributed by atoms with E-state index in [4.69, 9.17) is 5.73 Å². The van der Waals surface area contributed by atoms with E-state index in [2.05, 4.69) is 26.0 Å². The number of benzene rings is 2. The smallest absolute Gasteiger partial charge is 0.251 e. The summed E-state index contributed by atoms with van der Waals surface area (Å²) in [6.07, 6.45) is 2.31. The van der Waals surface area contributed by atoms with Gasteiger partial charge in [0.2, 0.25) is 0 Å². The van der Waals surface area contributed by atoms with E-state index in [1.165, 1.54) is 24.3 Å². The molecule has 0 radical (unpaired) electrons. The predicted molar refractivity (Wildman–Crippen MR) is 145 cm³/mol. The summed E-state index contributed by atoms with van der Waals surface area (Å²) >= 11 is 3.52. The summed E-state index contributed by atoms with van der Waals surface area (Å²) in [7, 11) is 0. The number of aryl methyl sites for hydroxylation is 1. The maximum atomic E-state index is 14.2. The number of nitrogens with zero attached hydrogens (tertiary/aromatic N) is 3. The Kier molecular flexibility index (Phi) is 8.64. The number of amides is 1. The molecular formula is C29H26BrF3N4O2. The van der Waals surface area contributed by atoms with Crippen LogP contribution in [0, 0.1) is 24.4 Å². The Morgan fingerprint density at radius 2 is 1.79 bits per heavy atom. The lowest BCUT2D eigenvalue weighted by molar-refractivity contribution is -0.120. The minimum Gasteiger partial charge on any atom is -0.366 e. The summed E-state index contributed by atoms with van der Waals surface area (Å²) in [4.78, 5) is 29.7. The van der Waals surface area contributed by atoms with Gasteiger partial charge in [0.1, 0.15) is 17.5 Å². The number of hydrogen-bond donors (Lipinski definition) is 1. The number of primary amides is 1. The van der Waals surface area contributed by atoms with Gasteiger partial charge in [0.25, 0.3) is 5.91 Å². The van der Waals surface area contributed by atoms with Crippen molar-refractivity contribution in [1.82, 2.24) is 14.8 Å². The van der Waals surface area contributed by atoms with Crippen LogP contribution in [0.1, 0.15) is 52.3 Å². The van der Waals surface area contributed by atoms with Crippen molar-refractivity contribution in [3.8, 4) is 11.1 Å². The molecule has 1 atom stereocenters. The normalized spacial score (nSPS) is 11.9. The van der Waals surface area contributed by atoms with Crippen LogP contribution in [0.25, 0.3) is 11.1 Å². The summed E-state index contributed by atoms with van der Waals surface area (Å²) < 4.78 is 44.8. The Labute approximate surface area is 232 Å². The number of aromatic nitrogens is 3. The zero-order valence-electron chi connectivity index (χ0n) is 21.3. The summed E-state index contributed by atoms with van der Waals surface area (Å²) in [5.41, 5.74) is 8.53. The highest BCUT2D eigenvalue weighted by atomic mass is 79.9. The Morgan fingerprint density at radius 3 is 2.46 bits per heavy atom. The van der Waals surface area contributed by atoms with Crippen LogP contribution in [0.4, 0.5) is 13.2 Å². The highest BCUT2D eigenvalue weighted by Crippen LogP contribution is 2.33. The molecule has 202 valence electrons. The zero-order valence-corrected chi connectivity index (χ0v) is 22.9. The number of pyridine rings is 1. The van der Waals surface area contributed by atoms with Crippen molar-refractivity contribution in [2.45, 2.75) is 45.6 Å². The highest BCUT2D eigenvalue weighted by molar-refractivity contribution is 9.10. The third-order valence-corrected chi connectivity index (χ3v) is 7.49. The van der Waals surface area contributed by atoms with E-state index in [0.29, 0.717) is 28.8 Å². The number of carbonyl (C=O) groups excluding carboxylic acids is 2. The minimum absolute atomic E-state index is 0.00810. The first-order valence-electron chi connectivity index (χ1n) is 12.3. The van der Waals surface area contributed by atoms with Gasteiger partial charge in [-0.05, 0) is 77.2 Å². The van der Waals surface area contributed by atoms with Gasteiger partial charge >= 0.3 is 0 Å². The van der Waals surface area contributed by atoms with E-state index >= 15 is 0 Å². The number of rotatable bonds is 10. The van der Waals surface area contributed by atoms with E-state index in [9.17, 15) is 22.8 Å². The average Bonchev–Trinajstić information content (AvgIpc) is 3.14. The molecule has 2 heterocycles. The number of nitrogens with two attached hydrogens (primary N) is 1.